The molecule has 1 aromatic rings. The van der Waals surface area contributed by atoms with Gasteiger partial charge in [0.2, 0.25) is 5.82 Å². The van der Waals surface area contributed by atoms with Gasteiger partial charge in [0.1, 0.15) is 5.82 Å². The number of carbonyl (C=O) groups is 1. The van der Waals surface area contributed by atoms with E-state index in [-0.39, 0.29) is 23.7 Å². The molecular formula is C15H27N5O. The first-order valence-corrected chi connectivity index (χ1v) is 8.01. The van der Waals surface area contributed by atoms with E-state index in [1.807, 2.05) is 25.7 Å². The Kier molecular flexibility index (Phi) is 5.33. The molecule has 0 bridgehead atoms. The lowest BCUT2D eigenvalue weighted by atomic mass is 9.83. The predicted molar refractivity (Wildman–Crippen MR) is 82.0 cm³/mol. The van der Waals surface area contributed by atoms with Gasteiger partial charge < -0.3 is 10.6 Å². The Morgan fingerprint density at radius 3 is 2.71 bits per heavy atom. The summed E-state index contributed by atoms with van der Waals surface area (Å²) in [7, 11) is 0. The summed E-state index contributed by atoms with van der Waals surface area (Å²) in [5.74, 6) is 1.59. The highest BCUT2D eigenvalue weighted by Crippen LogP contribution is 2.28. The van der Waals surface area contributed by atoms with Gasteiger partial charge in [0.15, 0.2) is 0 Å². The Hall–Kier alpha value is -1.43. The number of nitrogens with zero attached hydrogens (tertiary/aromatic N) is 3. The van der Waals surface area contributed by atoms with Crippen LogP contribution in [0.15, 0.2) is 0 Å². The Labute approximate surface area is 126 Å². The SMILES string of the molecule is CCN(C(=O)c1n[nH]c(C(C)C)n1)C1CCCCC1CN. The van der Waals surface area contributed by atoms with Gasteiger partial charge in [0.05, 0.1) is 0 Å². The number of rotatable bonds is 5. The van der Waals surface area contributed by atoms with Crippen molar-refractivity contribution >= 4 is 5.91 Å². The van der Waals surface area contributed by atoms with Crippen molar-refractivity contribution < 1.29 is 4.79 Å². The molecule has 2 atom stereocenters. The number of hydrogen-bond donors (Lipinski definition) is 2. The van der Waals surface area contributed by atoms with Gasteiger partial charge >= 0.3 is 0 Å². The highest BCUT2D eigenvalue weighted by Gasteiger charge is 2.33. The topological polar surface area (TPSA) is 87.9 Å². The number of carbonyl (C=O) groups excluding carboxylic acids is 1. The zero-order valence-corrected chi connectivity index (χ0v) is 13.3. The largest absolute Gasteiger partial charge is 0.333 e. The fourth-order valence-electron chi connectivity index (χ4n) is 3.16. The number of H-pyrrole nitrogens is 1. The van der Waals surface area contributed by atoms with Crippen LogP contribution in [0.5, 0.6) is 0 Å². The summed E-state index contributed by atoms with van der Waals surface area (Å²) >= 11 is 0. The monoisotopic (exact) mass is 293 g/mol. The van der Waals surface area contributed by atoms with Gasteiger partial charge in [0, 0.05) is 18.5 Å². The number of aromatic nitrogens is 3. The molecule has 0 spiro atoms. The third-order valence-corrected chi connectivity index (χ3v) is 4.41. The van der Waals surface area contributed by atoms with Gasteiger partial charge in [-0.15, -0.1) is 5.10 Å². The minimum absolute atomic E-state index is 0.0778. The number of nitrogens with one attached hydrogen (secondary N) is 1. The fraction of sp³-hybridized carbons (Fsp3) is 0.800. The van der Waals surface area contributed by atoms with Crippen LogP contribution in [0, 0.1) is 5.92 Å². The lowest BCUT2D eigenvalue weighted by Crippen LogP contribution is -2.48. The Balaban J connectivity index is 2.16. The summed E-state index contributed by atoms with van der Waals surface area (Å²) in [6.45, 7) is 7.37. The van der Waals surface area contributed by atoms with Crippen LogP contribution in [-0.2, 0) is 0 Å². The van der Waals surface area contributed by atoms with E-state index in [4.69, 9.17) is 5.73 Å². The summed E-state index contributed by atoms with van der Waals surface area (Å²) in [6.07, 6.45) is 4.51. The van der Waals surface area contributed by atoms with Crippen LogP contribution < -0.4 is 5.73 Å². The zero-order chi connectivity index (χ0) is 15.4. The molecule has 0 saturated heterocycles. The molecule has 3 N–H and O–H groups in total. The van der Waals surface area contributed by atoms with Crippen LogP contribution in [0.4, 0.5) is 0 Å². The fourth-order valence-corrected chi connectivity index (χ4v) is 3.16. The van der Waals surface area contributed by atoms with E-state index in [0.29, 0.717) is 19.0 Å². The molecule has 1 saturated carbocycles. The van der Waals surface area contributed by atoms with Crippen molar-refractivity contribution in [2.45, 2.75) is 58.4 Å². The van der Waals surface area contributed by atoms with Crippen LogP contribution in [0.2, 0.25) is 0 Å². The highest BCUT2D eigenvalue weighted by atomic mass is 16.2. The first-order valence-electron chi connectivity index (χ1n) is 8.01. The number of amides is 1. The van der Waals surface area contributed by atoms with Crippen LogP contribution in [0.1, 0.15) is 68.8 Å². The maximum Gasteiger partial charge on any atom is 0.293 e. The number of hydrogen-bond acceptors (Lipinski definition) is 4. The molecule has 2 unspecified atom stereocenters. The summed E-state index contributed by atoms with van der Waals surface area (Å²) in [5, 5.41) is 6.95. The van der Waals surface area contributed by atoms with Crippen molar-refractivity contribution in [2.24, 2.45) is 11.7 Å². The van der Waals surface area contributed by atoms with Crippen molar-refractivity contribution in [1.29, 1.82) is 0 Å². The number of aromatic amines is 1. The van der Waals surface area contributed by atoms with E-state index in [1.54, 1.807) is 0 Å². The third kappa shape index (κ3) is 3.43. The molecule has 21 heavy (non-hydrogen) atoms. The molecule has 1 heterocycles. The minimum Gasteiger partial charge on any atom is -0.333 e. The lowest BCUT2D eigenvalue weighted by Gasteiger charge is -2.38. The second kappa shape index (κ2) is 7.02. The molecule has 6 heteroatoms. The molecule has 2 rings (SSSR count). The molecule has 0 aliphatic heterocycles. The molecule has 1 aromatic heterocycles. The normalized spacial score (nSPS) is 22.5. The smallest absolute Gasteiger partial charge is 0.293 e. The van der Waals surface area contributed by atoms with Crippen LogP contribution in [0.3, 0.4) is 0 Å². The van der Waals surface area contributed by atoms with Crippen LogP contribution >= 0.6 is 0 Å². The zero-order valence-electron chi connectivity index (χ0n) is 13.3. The summed E-state index contributed by atoms with van der Waals surface area (Å²) in [4.78, 5) is 19.0. The average molecular weight is 293 g/mol. The molecule has 118 valence electrons. The average Bonchev–Trinajstić information content (AvgIpc) is 2.98. The van der Waals surface area contributed by atoms with Crippen molar-refractivity contribution in [3.8, 4) is 0 Å². The van der Waals surface area contributed by atoms with Crippen molar-refractivity contribution in [3.63, 3.8) is 0 Å². The van der Waals surface area contributed by atoms with Crippen molar-refractivity contribution in [1.82, 2.24) is 20.1 Å². The van der Waals surface area contributed by atoms with Gasteiger partial charge in [-0.25, -0.2) is 4.98 Å². The second-order valence-electron chi connectivity index (χ2n) is 6.14. The van der Waals surface area contributed by atoms with E-state index in [0.717, 1.165) is 25.1 Å². The molecule has 1 aliphatic rings. The molecule has 0 aromatic carbocycles. The first kappa shape index (κ1) is 15.9. The third-order valence-electron chi connectivity index (χ3n) is 4.41. The molecule has 1 fully saturated rings. The van der Waals surface area contributed by atoms with E-state index in [2.05, 4.69) is 15.2 Å². The second-order valence-corrected chi connectivity index (χ2v) is 6.14. The molecule has 1 aliphatic carbocycles. The maximum absolute atomic E-state index is 12.7. The highest BCUT2D eigenvalue weighted by molar-refractivity contribution is 5.90. The van der Waals surface area contributed by atoms with Gasteiger partial charge in [-0.2, -0.15) is 0 Å². The van der Waals surface area contributed by atoms with E-state index >= 15 is 0 Å². The lowest BCUT2D eigenvalue weighted by molar-refractivity contribution is 0.0548. The predicted octanol–water partition coefficient (Wildman–Crippen LogP) is 1.91. The van der Waals surface area contributed by atoms with Crippen LogP contribution in [-0.4, -0.2) is 45.1 Å². The summed E-state index contributed by atoms with van der Waals surface area (Å²) in [5.41, 5.74) is 5.89. The van der Waals surface area contributed by atoms with Crippen molar-refractivity contribution in [3.05, 3.63) is 11.6 Å². The minimum atomic E-state index is -0.0778. The van der Waals surface area contributed by atoms with E-state index in [9.17, 15) is 4.79 Å². The van der Waals surface area contributed by atoms with Gasteiger partial charge in [0.25, 0.3) is 5.91 Å². The molecule has 6 nitrogen and oxygen atoms in total. The Morgan fingerprint density at radius 2 is 2.14 bits per heavy atom. The number of nitrogens with two attached hydrogens (primary N) is 1. The Bertz CT molecular complexity index is 470. The Morgan fingerprint density at radius 1 is 1.43 bits per heavy atom. The maximum atomic E-state index is 12.7. The molecule has 1 amide bonds. The standard InChI is InChI=1S/C15H27N5O/c1-4-20(12-8-6-5-7-11(12)9-16)15(21)14-17-13(10(2)3)18-19-14/h10-12H,4-9,16H2,1-3H3,(H,17,18,19). The molecular weight excluding hydrogens is 266 g/mol. The molecule has 0 radical (unpaired) electrons. The van der Waals surface area contributed by atoms with E-state index in [1.165, 1.54) is 6.42 Å². The van der Waals surface area contributed by atoms with Gasteiger partial charge in [-0.3, -0.25) is 9.89 Å². The van der Waals surface area contributed by atoms with E-state index < -0.39 is 0 Å². The summed E-state index contributed by atoms with van der Waals surface area (Å²) < 4.78 is 0. The van der Waals surface area contributed by atoms with Crippen molar-refractivity contribution in [2.75, 3.05) is 13.1 Å². The summed E-state index contributed by atoms with van der Waals surface area (Å²) in [6, 6.07) is 0.224. The quantitative estimate of drug-likeness (QED) is 0.868. The van der Waals surface area contributed by atoms with Gasteiger partial charge in [-0.05, 0) is 32.2 Å². The first-order chi connectivity index (χ1) is 10.1. The van der Waals surface area contributed by atoms with Gasteiger partial charge in [-0.1, -0.05) is 26.7 Å². The van der Waals surface area contributed by atoms with Crippen LogP contribution in [0.25, 0.3) is 0 Å².